The summed E-state index contributed by atoms with van der Waals surface area (Å²) in [5, 5.41) is 34.3. The van der Waals surface area contributed by atoms with E-state index in [1.807, 2.05) is 12.1 Å². The van der Waals surface area contributed by atoms with Crippen molar-refractivity contribution in [3.8, 4) is 12.1 Å². The Morgan fingerprint density at radius 1 is 1.07 bits per heavy atom. The fourth-order valence-electron chi connectivity index (χ4n) is 3.14. The standard InChI is InChI=1S/C20H22N6O/c21-11-15-3-1-14(2-4-15)9-10-23-20-24-13-16(12-22)19(26-20)25-17-5-7-18(27)8-6-17/h1-4,13,17-18,27H,5-10H2,(H2,23,24,25,26)/t17-,18+. The number of hydrogen-bond acceptors (Lipinski definition) is 7. The van der Waals surface area contributed by atoms with Gasteiger partial charge in [0.25, 0.3) is 0 Å². The topological polar surface area (TPSA) is 118 Å². The molecule has 1 saturated carbocycles. The van der Waals surface area contributed by atoms with Crippen LogP contribution in [0.1, 0.15) is 42.4 Å². The summed E-state index contributed by atoms with van der Waals surface area (Å²) in [6.07, 6.45) is 5.33. The Balaban J connectivity index is 1.59. The van der Waals surface area contributed by atoms with Crippen LogP contribution in [0.4, 0.5) is 11.8 Å². The average Bonchev–Trinajstić information content (AvgIpc) is 2.70. The van der Waals surface area contributed by atoms with Crippen molar-refractivity contribution in [3.05, 3.63) is 47.2 Å². The summed E-state index contributed by atoms with van der Waals surface area (Å²) in [7, 11) is 0. The zero-order valence-electron chi connectivity index (χ0n) is 15.0. The Hall–Kier alpha value is -3.16. The smallest absolute Gasteiger partial charge is 0.224 e. The number of anilines is 2. The Morgan fingerprint density at radius 3 is 2.48 bits per heavy atom. The normalized spacial score (nSPS) is 18.9. The van der Waals surface area contributed by atoms with Crippen molar-refractivity contribution in [2.24, 2.45) is 0 Å². The molecule has 7 heteroatoms. The van der Waals surface area contributed by atoms with Gasteiger partial charge in [0.05, 0.1) is 23.9 Å². The first-order valence-electron chi connectivity index (χ1n) is 9.12. The Kier molecular flexibility index (Phi) is 6.19. The van der Waals surface area contributed by atoms with E-state index in [1.54, 1.807) is 12.1 Å². The van der Waals surface area contributed by atoms with Crippen LogP contribution >= 0.6 is 0 Å². The molecule has 138 valence electrons. The molecule has 1 heterocycles. The molecule has 3 rings (SSSR count). The summed E-state index contributed by atoms with van der Waals surface area (Å²) < 4.78 is 0. The third kappa shape index (κ3) is 5.16. The van der Waals surface area contributed by atoms with E-state index in [-0.39, 0.29) is 12.1 Å². The van der Waals surface area contributed by atoms with Gasteiger partial charge in [-0.1, -0.05) is 12.1 Å². The molecule has 1 aliphatic rings. The highest BCUT2D eigenvalue weighted by Crippen LogP contribution is 2.23. The second-order valence-electron chi connectivity index (χ2n) is 6.70. The lowest BCUT2D eigenvalue weighted by Gasteiger charge is -2.26. The van der Waals surface area contributed by atoms with Gasteiger partial charge in [0.2, 0.25) is 5.95 Å². The number of nitriles is 2. The molecule has 3 N–H and O–H groups in total. The molecule has 0 radical (unpaired) electrons. The fourth-order valence-corrected chi connectivity index (χ4v) is 3.14. The molecule has 1 aromatic heterocycles. The molecule has 0 aliphatic heterocycles. The molecule has 0 spiro atoms. The number of aliphatic hydroxyl groups excluding tert-OH is 1. The van der Waals surface area contributed by atoms with Crippen LogP contribution in [-0.2, 0) is 6.42 Å². The third-order valence-corrected chi connectivity index (χ3v) is 4.73. The highest BCUT2D eigenvalue weighted by Gasteiger charge is 2.20. The van der Waals surface area contributed by atoms with E-state index in [0.717, 1.165) is 37.7 Å². The first-order valence-corrected chi connectivity index (χ1v) is 9.12. The van der Waals surface area contributed by atoms with Crippen LogP contribution in [0.3, 0.4) is 0 Å². The van der Waals surface area contributed by atoms with E-state index in [1.165, 1.54) is 6.20 Å². The van der Waals surface area contributed by atoms with Crippen LogP contribution in [0.2, 0.25) is 0 Å². The number of nitrogens with one attached hydrogen (secondary N) is 2. The highest BCUT2D eigenvalue weighted by molar-refractivity contribution is 5.54. The minimum atomic E-state index is -0.219. The predicted octanol–water partition coefficient (Wildman–Crippen LogP) is 2.59. The Labute approximate surface area is 158 Å². The zero-order valence-corrected chi connectivity index (χ0v) is 15.0. The molecule has 1 fully saturated rings. The molecule has 1 aliphatic carbocycles. The van der Waals surface area contributed by atoms with Crippen molar-refractivity contribution < 1.29 is 5.11 Å². The van der Waals surface area contributed by atoms with Crippen LogP contribution in [0.15, 0.2) is 30.5 Å². The average molecular weight is 362 g/mol. The van der Waals surface area contributed by atoms with E-state index in [4.69, 9.17) is 5.26 Å². The summed E-state index contributed by atoms with van der Waals surface area (Å²) in [5.41, 5.74) is 2.18. The van der Waals surface area contributed by atoms with Crippen LogP contribution in [0, 0.1) is 22.7 Å². The number of benzene rings is 1. The maximum atomic E-state index is 9.63. The van der Waals surface area contributed by atoms with Gasteiger partial charge < -0.3 is 15.7 Å². The summed E-state index contributed by atoms with van der Waals surface area (Å²) in [5.74, 6) is 1.01. The van der Waals surface area contributed by atoms with Gasteiger partial charge in [-0.2, -0.15) is 15.5 Å². The Bertz CT molecular complexity index is 844. The van der Waals surface area contributed by atoms with Gasteiger partial charge >= 0.3 is 0 Å². The summed E-state index contributed by atoms with van der Waals surface area (Å²) in [6, 6.07) is 11.9. The minimum Gasteiger partial charge on any atom is -0.393 e. The molecule has 7 nitrogen and oxygen atoms in total. The van der Waals surface area contributed by atoms with Gasteiger partial charge in [0.15, 0.2) is 0 Å². The van der Waals surface area contributed by atoms with Crippen LogP contribution in [-0.4, -0.2) is 33.8 Å². The van der Waals surface area contributed by atoms with Crippen molar-refractivity contribution in [1.29, 1.82) is 10.5 Å². The van der Waals surface area contributed by atoms with E-state index >= 15 is 0 Å². The fraction of sp³-hybridized carbons (Fsp3) is 0.400. The van der Waals surface area contributed by atoms with Crippen molar-refractivity contribution in [2.45, 2.75) is 44.2 Å². The quantitative estimate of drug-likeness (QED) is 0.723. The largest absolute Gasteiger partial charge is 0.393 e. The number of hydrogen-bond donors (Lipinski definition) is 3. The zero-order chi connectivity index (χ0) is 19.1. The predicted molar refractivity (Wildman–Crippen MR) is 102 cm³/mol. The van der Waals surface area contributed by atoms with Gasteiger partial charge in [-0.05, 0) is 49.8 Å². The molecule has 0 atom stereocenters. The molecule has 0 saturated heterocycles. The first-order chi connectivity index (χ1) is 13.2. The number of rotatable bonds is 6. The lowest BCUT2D eigenvalue weighted by Crippen LogP contribution is -2.29. The SMILES string of the molecule is N#Cc1ccc(CCNc2ncc(C#N)c(N[C@H]3CC[C@@H](O)CC3)n2)cc1. The molecule has 1 aromatic carbocycles. The van der Waals surface area contributed by atoms with Crippen molar-refractivity contribution in [2.75, 3.05) is 17.2 Å². The monoisotopic (exact) mass is 362 g/mol. The molecule has 0 amide bonds. The van der Waals surface area contributed by atoms with Crippen LogP contribution < -0.4 is 10.6 Å². The molecule has 0 bridgehead atoms. The summed E-state index contributed by atoms with van der Waals surface area (Å²) in [4.78, 5) is 8.66. The lowest BCUT2D eigenvalue weighted by atomic mass is 9.93. The number of aromatic nitrogens is 2. The van der Waals surface area contributed by atoms with E-state index in [9.17, 15) is 10.4 Å². The maximum Gasteiger partial charge on any atom is 0.224 e. The van der Waals surface area contributed by atoms with Gasteiger partial charge in [-0.3, -0.25) is 0 Å². The third-order valence-electron chi connectivity index (χ3n) is 4.73. The van der Waals surface area contributed by atoms with E-state index < -0.39 is 0 Å². The minimum absolute atomic E-state index is 0.210. The maximum absolute atomic E-state index is 9.63. The van der Waals surface area contributed by atoms with Gasteiger partial charge in [-0.15, -0.1) is 0 Å². The number of nitrogens with zero attached hydrogens (tertiary/aromatic N) is 4. The van der Waals surface area contributed by atoms with Gasteiger partial charge in [0.1, 0.15) is 17.5 Å². The van der Waals surface area contributed by atoms with Gasteiger partial charge in [0, 0.05) is 12.6 Å². The van der Waals surface area contributed by atoms with E-state index in [2.05, 4.69) is 32.7 Å². The van der Waals surface area contributed by atoms with Crippen LogP contribution in [0.25, 0.3) is 0 Å². The second kappa shape index (κ2) is 8.98. The van der Waals surface area contributed by atoms with Gasteiger partial charge in [-0.25, -0.2) is 4.98 Å². The summed E-state index contributed by atoms with van der Waals surface area (Å²) in [6.45, 7) is 0.646. The summed E-state index contributed by atoms with van der Waals surface area (Å²) >= 11 is 0. The molecular formula is C20H22N6O. The van der Waals surface area contributed by atoms with Crippen molar-refractivity contribution in [1.82, 2.24) is 9.97 Å². The second-order valence-corrected chi connectivity index (χ2v) is 6.70. The first kappa shape index (κ1) is 18.6. The molecule has 27 heavy (non-hydrogen) atoms. The number of aliphatic hydroxyl groups is 1. The highest BCUT2D eigenvalue weighted by atomic mass is 16.3. The molecular weight excluding hydrogens is 340 g/mol. The van der Waals surface area contributed by atoms with Crippen LogP contribution in [0.5, 0.6) is 0 Å². The van der Waals surface area contributed by atoms with E-state index in [0.29, 0.717) is 29.4 Å². The van der Waals surface area contributed by atoms with Crippen molar-refractivity contribution in [3.63, 3.8) is 0 Å². The molecule has 0 unspecified atom stereocenters. The Morgan fingerprint density at radius 2 is 1.81 bits per heavy atom. The molecule has 2 aromatic rings. The lowest BCUT2D eigenvalue weighted by molar-refractivity contribution is 0.126. The van der Waals surface area contributed by atoms with Crippen molar-refractivity contribution >= 4 is 11.8 Å².